The van der Waals surface area contributed by atoms with Crippen molar-refractivity contribution < 1.29 is 19.0 Å². The van der Waals surface area contributed by atoms with Crippen LogP contribution in [0.3, 0.4) is 0 Å². The molecule has 0 atom stereocenters. The molecule has 4 aromatic rings. The predicted molar refractivity (Wildman–Crippen MR) is 137 cm³/mol. The second kappa shape index (κ2) is 11.9. The first kappa shape index (κ1) is 24.8. The zero-order valence-corrected chi connectivity index (χ0v) is 20.7. The number of nitrogens with one attached hydrogen (secondary N) is 1. The summed E-state index contributed by atoms with van der Waals surface area (Å²) in [7, 11) is 1.62. The number of hydrogen-bond acceptors (Lipinski definition) is 8. The van der Waals surface area contributed by atoms with Crippen LogP contribution < -0.4 is 24.4 Å². The molecule has 0 fully saturated rings. The molecule has 2 aromatic heterocycles. The van der Waals surface area contributed by atoms with Gasteiger partial charge in [-0.05, 0) is 56.3 Å². The first-order valence-corrected chi connectivity index (χ1v) is 11.9. The highest BCUT2D eigenvalue weighted by Crippen LogP contribution is 2.22. The molecule has 188 valence electrons. The summed E-state index contributed by atoms with van der Waals surface area (Å²) in [6.07, 6.45) is 0. The van der Waals surface area contributed by atoms with Gasteiger partial charge in [-0.1, -0.05) is 6.07 Å². The maximum absolute atomic E-state index is 12.2. The number of ether oxygens (including phenoxy) is 3. The van der Waals surface area contributed by atoms with Crippen LogP contribution in [0.2, 0.25) is 0 Å². The Labute approximate surface area is 209 Å². The maximum atomic E-state index is 12.2. The topological polar surface area (TPSA) is 103 Å². The van der Waals surface area contributed by atoms with E-state index in [4.69, 9.17) is 14.2 Å². The Balaban J connectivity index is 1.27. The normalized spacial score (nSPS) is 10.8. The van der Waals surface area contributed by atoms with Crippen LogP contribution in [0, 0.1) is 0 Å². The number of benzene rings is 2. The van der Waals surface area contributed by atoms with Crippen LogP contribution >= 0.6 is 0 Å². The van der Waals surface area contributed by atoms with Crippen LogP contribution in [0.5, 0.6) is 17.4 Å². The van der Waals surface area contributed by atoms with Crippen molar-refractivity contribution in [3.05, 3.63) is 60.7 Å². The van der Waals surface area contributed by atoms with Crippen molar-refractivity contribution in [2.75, 3.05) is 44.9 Å². The smallest absolute Gasteiger partial charge is 0.258 e. The lowest BCUT2D eigenvalue weighted by molar-refractivity contribution is -0.123. The summed E-state index contributed by atoms with van der Waals surface area (Å²) >= 11 is 0. The molecule has 2 aromatic carbocycles. The quantitative estimate of drug-likeness (QED) is 0.302. The highest BCUT2D eigenvalue weighted by molar-refractivity contribution is 5.77. The first-order valence-electron chi connectivity index (χ1n) is 11.9. The Morgan fingerprint density at radius 1 is 0.972 bits per heavy atom. The molecule has 0 radical (unpaired) electrons. The van der Waals surface area contributed by atoms with Gasteiger partial charge >= 0.3 is 0 Å². The zero-order valence-electron chi connectivity index (χ0n) is 20.7. The van der Waals surface area contributed by atoms with Gasteiger partial charge in [-0.2, -0.15) is 4.52 Å². The molecule has 0 aliphatic heterocycles. The third-order valence-electron chi connectivity index (χ3n) is 5.58. The van der Waals surface area contributed by atoms with E-state index < -0.39 is 0 Å². The summed E-state index contributed by atoms with van der Waals surface area (Å²) in [6, 6.07) is 18.7. The Morgan fingerprint density at radius 3 is 2.53 bits per heavy atom. The summed E-state index contributed by atoms with van der Waals surface area (Å²) in [5, 5.41) is 15.7. The van der Waals surface area contributed by atoms with Gasteiger partial charge in [-0.25, -0.2) is 0 Å². The Hall–Kier alpha value is -4.34. The number of methoxy groups -OCH3 is 1. The molecule has 4 rings (SSSR count). The lowest BCUT2D eigenvalue weighted by Crippen LogP contribution is -2.32. The van der Waals surface area contributed by atoms with Crippen molar-refractivity contribution in [2.24, 2.45) is 0 Å². The molecule has 10 heteroatoms. The Morgan fingerprint density at radius 2 is 1.78 bits per heavy atom. The fourth-order valence-electron chi connectivity index (χ4n) is 3.67. The van der Waals surface area contributed by atoms with E-state index in [1.807, 2.05) is 48.5 Å². The van der Waals surface area contributed by atoms with Crippen molar-refractivity contribution in [3.8, 4) is 28.8 Å². The number of amides is 1. The fourth-order valence-corrected chi connectivity index (χ4v) is 3.67. The van der Waals surface area contributed by atoms with E-state index in [0.29, 0.717) is 29.6 Å². The molecule has 36 heavy (non-hydrogen) atoms. The van der Waals surface area contributed by atoms with Gasteiger partial charge < -0.3 is 24.4 Å². The van der Waals surface area contributed by atoms with Gasteiger partial charge in [0.2, 0.25) is 5.88 Å². The largest absolute Gasteiger partial charge is 0.497 e. The van der Waals surface area contributed by atoms with Gasteiger partial charge in [-0.3, -0.25) is 4.79 Å². The second-order valence-corrected chi connectivity index (χ2v) is 7.85. The number of carbonyl (C=O) groups is 1. The summed E-state index contributed by atoms with van der Waals surface area (Å²) in [5.41, 5.74) is 2.52. The van der Waals surface area contributed by atoms with Gasteiger partial charge in [0.1, 0.15) is 18.1 Å². The highest BCUT2D eigenvalue weighted by Gasteiger charge is 2.11. The minimum atomic E-state index is -0.226. The molecule has 0 aliphatic rings. The summed E-state index contributed by atoms with van der Waals surface area (Å²) in [5.74, 6) is 2.18. The molecule has 1 amide bonds. The molecule has 0 unspecified atom stereocenters. The average molecular weight is 491 g/mol. The third-order valence-corrected chi connectivity index (χ3v) is 5.58. The number of rotatable bonds is 12. The van der Waals surface area contributed by atoms with Crippen LogP contribution in [-0.2, 0) is 4.79 Å². The zero-order chi connectivity index (χ0) is 25.3. The third kappa shape index (κ3) is 6.01. The molecule has 0 spiro atoms. The minimum Gasteiger partial charge on any atom is -0.497 e. The fraction of sp³-hybridized carbons (Fsp3) is 0.308. The molecule has 0 bridgehead atoms. The molecule has 2 heterocycles. The van der Waals surface area contributed by atoms with Crippen molar-refractivity contribution in [1.29, 1.82) is 0 Å². The molecule has 10 nitrogen and oxygen atoms in total. The van der Waals surface area contributed by atoms with Crippen LogP contribution in [0.4, 0.5) is 5.69 Å². The first-order chi connectivity index (χ1) is 17.6. The number of nitrogens with zero attached hydrogens (tertiary/aromatic N) is 5. The van der Waals surface area contributed by atoms with Gasteiger partial charge in [0.15, 0.2) is 18.1 Å². The Kier molecular flexibility index (Phi) is 8.17. The van der Waals surface area contributed by atoms with Crippen molar-refractivity contribution in [3.63, 3.8) is 0 Å². The van der Waals surface area contributed by atoms with Crippen molar-refractivity contribution in [1.82, 2.24) is 25.1 Å². The maximum Gasteiger partial charge on any atom is 0.258 e. The number of fused-ring (bicyclic) bond motifs is 1. The summed E-state index contributed by atoms with van der Waals surface area (Å²) in [4.78, 5) is 14.4. The Bertz CT molecular complexity index is 1290. The van der Waals surface area contributed by atoms with Gasteiger partial charge in [0.05, 0.1) is 13.7 Å². The molecule has 0 saturated heterocycles. The lowest BCUT2D eigenvalue weighted by Gasteiger charge is -2.21. The van der Waals surface area contributed by atoms with Crippen LogP contribution in [0.15, 0.2) is 60.7 Å². The van der Waals surface area contributed by atoms with Gasteiger partial charge in [0.25, 0.3) is 5.91 Å². The standard InChI is InChI=1S/C26H30N6O4/c1-4-31(5-2)20-7-6-8-22(17-20)36-18-24(33)27-15-16-35-25-14-13-23-28-29-26(32(23)30-25)19-9-11-21(34-3)12-10-19/h6-14,17H,4-5,15-16,18H2,1-3H3,(H,27,33). The molecule has 0 aliphatic carbocycles. The average Bonchev–Trinajstić information content (AvgIpc) is 3.34. The summed E-state index contributed by atoms with van der Waals surface area (Å²) in [6.45, 7) is 6.51. The van der Waals surface area contributed by atoms with E-state index in [2.05, 4.69) is 39.4 Å². The van der Waals surface area contributed by atoms with E-state index in [-0.39, 0.29) is 19.1 Å². The van der Waals surface area contributed by atoms with E-state index in [0.717, 1.165) is 30.1 Å². The SMILES string of the molecule is CCN(CC)c1cccc(OCC(=O)NCCOc2ccc3nnc(-c4ccc(OC)cc4)n3n2)c1. The molecule has 1 N–H and O–H groups in total. The van der Waals surface area contributed by atoms with E-state index in [1.165, 1.54) is 0 Å². The van der Waals surface area contributed by atoms with Crippen LogP contribution in [-0.4, -0.2) is 65.7 Å². The number of aromatic nitrogens is 4. The van der Waals surface area contributed by atoms with Crippen LogP contribution in [0.1, 0.15) is 13.8 Å². The number of anilines is 1. The minimum absolute atomic E-state index is 0.0716. The predicted octanol–water partition coefficient (Wildman–Crippen LogP) is 3.22. The lowest BCUT2D eigenvalue weighted by atomic mass is 10.2. The van der Waals surface area contributed by atoms with E-state index in [9.17, 15) is 4.79 Å². The van der Waals surface area contributed by atoms with E-state index >= 15 is 0 Å². The van der Waals surface area contributed by atoms with Crippen molar-refractivity contribution >= 4 is 17.2 Å². The monoisotopic (exact) mass is 490 g/mol. The van der Waals surface area contributed by atoms with Gasteiger partial charge in [-0.15, -0.1) is 15.3 Å². The van der Waals surface area contributed by atoms with Crippen molar-refractivity contribution in [2.45, 2.75) is 13.8 Å². The molecular formula is C26H30N6O4. The highest BCUT2D eigenvalue weighted by atomic mass is 16.5. The molecule has 0 saturated carbocycles. The summed E-state index contributed by atoms with van der Waals surface area (Å²) < 4.78 is 18.2. The number of carbonyl (C=O) groups excluding carboxylic acids is 1. The van der Waals surface area contributed by atoms with Gasteiger partial charge in [0, 0.05) is 36.5 Å². The van der Waals surface area contributed by atoms with Crippen LogP contribution in [0.25, 0.3) is 17.0 Å². The molecular weight excluding hydrogens is 460 g/mol. The van der Waals surface area contributed by atoms with E-state index in [1.54, 1.807) is 23.8 Å². The number of hydrogen-bond donors (Lipinski definition) is 1. The second-order valence-electron chi connectivity index (χ2n) is 7.85.